The van der Waals surface area contributed by atoms with Crippen molar-refractivity contribution in [1.29, 1.82) is 0 Å². The number of imide groups is 1. The van der Waals surface area contributed by atoms with E-state index in [9.17, 15) is 19.2 Å². The van der Waals surface area contributed by atoms with Crippen LogP contribution >= 0.6 is 0 Å². The number of nitrogens with zero attached hydrogens (tertiary/aromatic N) is 3. The Morgan fingerprint density at radius 2 is 1.81 bits per heavy atom. The van der Waals surface area contributed by atoms with Crippen LogP contribution in [0.5, 0.6) is 0 Å². The molecule has 1 aromatic rings. The van der Waals surface area contributed by atoms with E-state index in [0.29, 0.717) is 18.5 Å². The summed E-state index contributed by atoms with van der Waals surface area (Å²) in [6.45, 7) is 2.05. The van der Waals surface area contributed by atoms with Gasteiger partial charge in [0.25, 0.3) is 11.8 Å². The molecule has 2 fully saturated rings. The third kappa shape index (κ3) is 3.01. The number of carbonyl (C=O) groups is 4. The molecule has 0 radical (unpaired) electrons. The molecule has 4 rings (SSSR count). The molecule has 0 aliphatic carbocycles. The van der Waals surface area contributed by atoms with Gasteiger partial charge >= 0.3 is 0 Å². The van der Waals surface area contributed by atoms with E-state index >= 15 is 0 Å². The van der Waals surface area contributed by atoms with Gasteiger partial charge < -0.3 is 14.6 Å². The maximum atomic E-state index is 12.8. The predicted molar refractivity (Wildman–Crippen MR) is 98.1 cm³/mol. The Hall–Kier alpha value is -2.70. The highest BCUT2D eigenvalue weighted by molar-refractivity contribution is 6.05. The Kier molecular flexibility index (Phi) is 4.45. The lowest BCUT2D eigenvalue weighted by Crippen LogP contribution is -2.53. The zero-order valence-electron chi connectivity index (χ0n) is 15.4. The molecule has 3 amide bonds. The highest BCUT2D eigenvalue weighted by Crippen LogP contribution is 2.32. The minimum Gasteiger partial charge on any atom is -0.371 e. The molecule has 2 saturated heterocycles. The molecule has 0 spiro atoms. The van der Waals surface area contributed by atoms with E-state index < -0.39 is 6.04 Å². The number of likely N-dealkylation sites (N-methyl/N-ethyl adjacent to an activating group) is 1. The zero-order valence-corrected chi connectivity index (χ0v) is 15.4. The molecule has 3 aliphatic heterocycles. The van der Waals surface area contributed by atoms with Crippen molar-refractivity contribution in [2.24, 2.45) is 5.92 Å². The number of fused-ring (bicyclic) bond motifs is 1. The van der Waals surface area contributed by atoms with Crippen LogP contribution in [0.1, 0.15) is 41.6 Å². The van der Waals surface area contributed by atoms with Gasteiger partial charge in [-0.2, -0.15) is 0 Å². The fourth-order valence-electron chi connectivity index (χ4n) is 4.26. The summed E-state index contributed by atoms with van der Waals surface area (Å²) in [6, 6.07) is 5.23. The van der Waals surface area contributed by atoms with Gasteiger partial charge in [-0.3, -0.25) is 19.3 Å². The Balaban J connectivity index is 1.52. The van der Waals surface area contributed by atoms with Gasteiger partial charge in [0.05, 0.1) is 0 Å². The molecule has 7 heteroatoms. The van der Waals surface area contributed by atoms with Gasteiger partial charge in [-0.15, -0.1) is 0 Å². The second kappa shape index (κ2) is 6.79. The molecule has 7 nitrogen and oxygen atoms in total. The van der Waals surface area contributed by atoms with Crippen molar-refractivity contribution in [2.45, 2.75) is 38.3 Å². The van der Waals surface area contributed by atoms with Crippen LogP contribution < -0.4 is 4.90 Å². The van der Waals surface area contributed by atoms with Crippen molar-refractivity contribution in [2.75, 3.05) is 25.0 Å². The number of aldehydes is 1. The van der Waals surface area contributed by atoms with E-state index in [-0.39, 0.29) is 30.1 Å². The lowest BCUT2D eigenvalue weighted by Gasteiger charge is -2.33. The summed E-state index contributed by atoms with van der Waals surface area (Å²) in [6.07, 6.45) is 3.41. The van der Waals surface area contributed by atoms with E-state index in [1.807, 2.05) is 18.2 Å². The van der Waals surface area contributed by atoms with Crippen LogP contribution in [0.25, 0.3) is 0 Å². The maximum Gasteiger partial charge on any atom is 0.255 e. The van der Waals surface area contributed by atoms with Crippen LogP contribution in [-0.4, -0.2) is 60.0 Å². The average Bonchev–Trinajstić information content (AvgIpc) is 3.02. The fourth-order valence-corrected chi connectivity index (χ4v) is 4.26. The van der Waals surface area contributed by atoms with Crippen LogP contribution in [0, 0.1) is 5.92 Å². The standard InChI is InChI=1S/C20H23N3O4/c1-21-18(25)5-4-17(20(21)27)23-11-14-10-15(2-3-16(14)19(23)26)22-8-6-13(12-24)7-9-22/h2-3,10,12-13,17H,4-9,11H2,1H3. The SMILES string of the molecule is CN1C(=O)CCC(N2Cc3cc(N4CCC(C=O)CC4)ccc3C2=O)C1=O. The lowest BCUT2D eigenvalue weighted by atomic mass is 9.97. The topological polar surface area (TPSA) is 78.0 Å². The quantitative estimate of drug-likeness (QED) is 0.591. The molecular formula is C20H23N3O4. The van der Waals surface area contributed by atoms with Gasteiger partial charge in [0.2, 0.25) is 5.91 Å². The molecule has 142 valence electrons. The maximum absolute atomic E-state index is 12.8. The zero-order chi connectivity index (χ0) is 19.1. The number of anilines is 1. The number of rotatable bonds is 3. The van der Waals surface area contributed by atoms with E-state index in [2.05, 4.69) is 4.90 Å². The van der Waals surface area contributed by atoms with Gasteiger partial charge in [0.1, 0.15) is 12.3 Å². The summed E-state index contributed by atoms with van der Waals surface area (Å²) < 4.78 is 0. The van der Waals surface area contributed by atoms with E-state index in [1.54, 1.807) is 4.90 Å². The minimum atomic E-state index is -0.570. The van der Waals surface area contributed by atoms with Gasteiger partial charge in [-0.25, -0.2) is 0 Å². The molecule has 1 atom stereocenters. The second-order valence-corrected chi connectivity index (χ2v) is 7.58. The summed E-state index contributed by atoms with van der Waals surface area (Å²) >= 11 is 0. The Morgan fingerprint density at radius 3 is 2.52 bits per heavy atom. The van der Waals surface area contributed by atoms with Crippen molar-refractivity contribution < 1.29 is 19.2 Å². The van der Waals surface area contributed by atoms with Crippen LogP contribution in [0.3, 0.4) is 0 Å². The molecule has 27 heavy (non-hydrogen) atoms. The molecule has 0 saturated carbocycles. The van der Waals surface area contributed by atoms with Crippen LogP contribution in [-0.2, 0) is 20.9 Å². The fraction of sp³-hybridized carbons (Fsp3) is 0.500. The van der Waals surface area contributed by atoms with Crippen LogP contribution in [0.2, 0.25) is 0 Å². The van der Waals surface area contributed by atoms with Gasteiger partial charge in [-0.1, -0.05) is 0 Å². The molecule has 0 N–H and O–H groups in total. The molecule has 1 aromatic carbocycles. The minimum absolute atomic E-state index is 0.141. The highest BCUT2D eigenvalue weighted by Gasteiger charge is 2.41. The smallest absolute Gasteiger partial charge is 0.255 e. The number of hydrogen-bond donors (Lipinski definition) is 0. The number of benzene rings is 1. The lowest BCUT2D eigenvalue weighted by molar-refractivity contribution is -0.150. The summed E-state index contributed by atoms with van der Waals surface area (Å²) in [7, 11) is 1.48. The summed E-state index contributed by atoms with van der Waals surface area (Å²) in [4.78, 5) is 52.9. The molecule has 0 bridgehead atoms. The van der Waals surface area contributed by atoms with Crippen LogP contribution in [0.4, 0.5) is 5.69 Å². The van der Waals surface area contributed by atoms with Gasteiger partial charge in [0.15, 0.2) is 0 Å². The van der Waals surface area contributed by atoms with Crippen LogP contribution in [0.15, 0.2) is 18.2 Å². The number of amides is 3. The van der Waals surface area contributed by atoms with Crippen molar-refractivity contribution in [3.8, 4) is 0 Å². The first kappa shape index (κ1) is 17.7. The molecule has 1 unspecified atom stereocenters. The van der Waals surface area contributed by atoms with Gasteiger partial charge in [0, 0.05) is 50.3 Å². The second-order valence-electron chi connectivity index (χ2n) is 7.58. The number of piperidine rings is 2. The monoisotopic (exact) mass is 369 g/mol. The number of carbonyl (C=O) groups excluding carboxylic acids is 4. The van der Waals surface area contributed by atoms with E-state index in [4.69, 9.17) is 0 Å². The normalized spacial score (nSPS) is 23.8. The molecule has 3 aliphatic rings. The summed E-state index contributed by atoms with van der Waals surface area (Å²) in [5.41, 5.74) is 2.60. The predicted octanol–water partition coefficient (Wildman–Crippen LogP) is 1.21. The molecule has 3 heterocycles. The summed E-state index contributed by atoms with van der Waals surface area (Å²) in [5, 5.41) is 0. The van der Waals surface area contributed by atoms with Crippen molar-refractivity contribution in [3.63, 3.8) is 0 Å². The Bertz CT molecular complexity index is 813. The highest BCUT2D eigenvalue weighted by atomic mass is 16.2. The van der Waals surface area contributed by atoms with Crippen molar-refractivity contribution >= 4 is 29.7 Å². The third-order valence-electron chi connectivity index (χ3n) is 6.02. The molecular weight excluding hydrogens is 346 g/mol. The number of hydrogen-bond acceptors (Lipinski definition) is 5. The van der Waals surface area contributed by atoms with E-state index in [1.165, 1.54) is 7.05 Å². The number of likely N-dealkylation sites (tertiary alicyclic amines) is 1. The Morgan fingerprint density at radius 1 is 1.07 bits per heavy atom. The van der Waals surface area contributed by atoms with Crippen molar-refractivity contribution in [3.05, 3.63) is 29.3 Å². The molecule has 0 aromatic heterocycles. The first-order valence-electron chi connectivity index (χ1n) is 9.44. The largest absolute Gasteiger partial charge is 0.371 e. The first-order valence-corrected chi connectivity index (χ1v) is 9.44. The van der Waals surface area contributed by atoms with Crippen molar-refractivity contribution in [1.82, 2.24) is 9.80 Å². The van der Waals surface area contributed by atoms with E-state index in [0.717, 1.165) is 48.4 Å². The Labute approximate surface area is 157 Å². The first-order chi connectivity index (χ1) is 13.0. The van der Waals surface area contributed by atoms with Gasteiger partial charge in [-0.05, 0) is 43.0 Å². The average molecular weight is 369 g/mol. The summed E-state index contributed by atoms with van der Waals surface area (Å²) in [5.74, 6) is -0.493. The third-order valence-corrected chi connectivity index (χ3v) is 6.02.